The van der Waals surface area contributed by atoms with E-state index >= 15 is 0 Å². The lowest BCUT2D eigenvalue weighted by atomic mass is 10.2. The summed E-state index contributed by atoms with van der Waals surface area (Å²) in [6.45, 7) is 4.82. The molecule has 1 aromatic carbocycles. The molecule has 1 saturated heterocycles. The van der Waals surface area contributed by atoms with Crippen molar-refractivity contribution in [2.45, 2.75) is 19.8 Å². The fourth-order valence-electron chi connectivity index (χ4n) is 2.80. The van der Waals surface area contributed by atoms with Gasteiger partial charge in [0, 0.05) is 32.1 Å². The first-order valence-corrected chi connectivity index (χ1v) is 9.12. The van der Waals surface area contributed by atoms with Crippen molar-refractivity contribution in [3.63, 3.8) is 0 Å². The first-order chi connectivity index (χ1) is 13.1. The predicted molar refractivity (Wildman–Crippen MR) is 103 cm³/mol. The van der Waals surface area contributed by atoms with Crippen LogP contribution in [0.4, 0.5) is 11.9 Å². The Hall–Kier alpha value is -2.74. The highest BCUT2D eigenvalue weighted by Crippen LogP contribution is 2.18. The molecule has 1 amide bonds. The van der Waals surface area contributed by atoms with Gasteiger partial charge in [0.05, 0.1) is 20.3 Å². The number of carbonyl (C=O) groups is 1. The van der Waals surface area contributed by atoms with Gasteiger partial charge in [-0.1, -0.05) is 6.92 Å². The van der Waals surface area contributed by atoms with Crippen LogP contribution in [-0.2, 0) is 11.2 Å². The van der Waals surface area contributed by atoms with Gasteiger partial charge < -0.3 is 14.4 Å². The Bertz CT molecular complexity index is 775. The third-order valence-corrected chi connectivity index (χ3v) is 4.37. The average Bonchev–Trinajstić information content (AvgIpc) is 2.73. The number of anilines is 2. The van der Waals surface area contributed by atoms with Crippen LogP contribution in [-0.4, -0.2) is 61.3 Å². The van der Waals surface area contributed by atoms with E-state index in [-0.39, 0.29) is 5.91 Å². The summed E-state index contributed by atoms with van der Waals surface area (Å²) in [6, 6.07) is 6.98. The van der Waals surface area contributed by atoms with Crippen LogP contribution in [0.1, 0.15) is 29.5 Å². The summed E-state index contributed by atoms with van der Waals surface area (Å²) >= 11 is 0. The first kappa shape index (κ1) is 19.0. The van der Waals surface area contributed by atoms with Gasteiger partial charge in [0.25, 0.3) is 5.91 Å². The number of aryl methyl sites for hydroxylation is 1. The molecule has 0 radical (unpaired) electrons. The van der Waals surface area contributed by atoms with Crippen LogP contribution in [0, 0.1) is 0 Å². The van der Waals surface area contributed by atoms with Crippen molar-refractivity contribution in [2.75, 3.05) is 50.3 Å². The predicted octanol–water partition coefficient (Wildman–Crippen LogP) is 1.95. The monoisotopic (exact) mass is 371 g/mol. The van der Waals surface area contributed by atoms with E-state index in [1.54, 1.807) is 38.4 Å². The molecule has 0 N–H and O–H groups in total. The minimum atomic E-state index is -0.181. The van der Waals surface area contributed by atoms with Crippen molar-refractivity contribution in [2.24, 2.45) is 0 Å². The van der Waals surface area contributed by atoms with Gasteiger partial charge in [-0.2, -0.15) is 15.0 Å². The third kappa shape index (κ3) is 4.51. The fourth-order valence-corrected chi connectivity index (χ4v) is 2.80. The number of nitrogens with zero attached hydrogens (tertiary/aromatic N) is 5. The van der Waals surface area contributed by atoms with Crippen LogP contribution in [0.15, 0.2) is 24.3 Å². The molecule has 8 heteroatoms. The van der Waals surface area contributed by atoms with Crippen molar-refractivity contribution in [1.82, 2.24) is 15.0 Å². The lowest BCUT2D eigenvalue weighted by Gasteiger charge is -2.27. The van der Waals surface area contributed by atoms with Gasteiger partial charge in [-0.05, 0) is 30.7 Å². The highest BCUT2D eigenvalue weighted by Gasteiger charge is 2.21. The number of benzene rings is 1. The van der Waals surface area contributed by atoms with Crippen LogP contribution in [0.5, 0.6) is 5.75 Å². The number of methoxy groups -OCH3 is 1. The highest BCUT2D eigenvalue weighted by molar-refractivity contribution is 6.04. The molecule has 0 spiro atoms. The second kappa shape index (κ2) is 8.77. The van der Waals surface area contributed by atoms with Crippen molar-refractivity contribution in [3.05, 3.63) is 35.7 Å². The standard InChI is InChI=1S/C19H25N5O3/c1-4-5-16-20-18(22-19(21-16)24-10-12-27-13-11-24)23(2)17(25)14-6-8-15(26-3)9-7-14/h6-9H,4-5,10-13H2,1-3H3. The normalized spacial score (nSPS) is 14.1. The van der Waals surface area contributed by atoms with E-state index in [0.717, 1.165) is 25.9 Å². The smallest absolute Gasteiger partial charge is 0.260 e. The molecule has 0 saturated carbocycles. The highest BCUT2D eigenvalue weighted by atomic mass is 16.5. The maximum atomic E-state index is 12.9. The van der Waals surface area contributed by atoms with Crippen LogP contribution in [0.25, 0.3) is 0 Å². The molecule has 0 atom stereocenters. The molecule has 8 nitrogen and oxygen atoms in total. The molecule has 2 aromatic rings. The van der Waals surface area contributed by atoms with Gasteiger partial charge in [0.15, 0.2) is 0 Å². The van der Waals surface area contributed by atoms with E-state index in [1.165, 1.54) is 4.90 Å². The quantitative estimate of drug-likeness (QED) is 0.768. The van der Waals surface area contributed by atoms with Gasteiger partial charge >= 0.3 is 0 Å². The minimum absolute atomic E-state index is 0.181. The van der Waals surface area contributed by atoms with Gasteiger partial charge in [0.1, 0.15) is 11.6 Å². The third-order valence-electron chi connectivity index (χ3n) is 4.37. The molecule has 3 rings (SSSR count). The molecule has 1 aliphatic rings. The molecule has 1 fully saturated rings. The zero-order chi connectivity index (χ0) is 19.2. The molecule has 0 unspecified atom stereocenters. The number of carbonyl (C=O) groups excluding carboxylic acids is 1. The lowest BCUT2D eigenvalue weighted by molar-refractivity contribution is 0.0991. The van der Waals surface area contributed by atoms with E-state index in [1.807, 2.05) is 0 Å². The molecule has 1 aliphatic heterocycles. The van der Waals surface area contributed by atoms with E-state index in [0.29, 0.717) is 42.2 Å². The Kier molecular flexibility index (Phi) is 6.18. The summed E-state index contributed by atoms with van der Waals surface area (Å²) in [6.07, 6.45) is 1.65. The van der Waals surface area contributed by atoms with Crippen LogP contribution >= 0.6 is 0 Å². The summed E-state index contributed by atoms with van der Waals surface area (Å²) in [7, 11) is 3.27. The van der Waals surface area contributed by atoms with Crippen molar-refractivity contribution < 1.29 is 14.3 Å². The largest absolute Gasteiger partial charge is 0.497 e. The second-order valence-corrected chi connectivity index (χ2v) is 6.29. The fraction of sp³-hybridized carbons (Fsp3) is 0.474. The number of aromatic nitrogens is 3. The molecule has 27 heavy (non-hydrogen) atoms. The molecule has 1 aromatic heterocycles. The van der Waals surface area contributed by atoms with Crippen molar-refractivity contribution in [1.29, 1.82) is 0 Å². The zero-order valence-corrected chi connectivity index (χ0v) is 16.0. The summed E-state index contributed by atoms with van der Waals surface area (Å²) in [4.78, 5) is 30.0. The Balaban J connectivity index is 1.88. The SMILES string of the molecule is CCCc1nc(N2CCOCC2)nc(N(C)C(=O)c2ccc(OC)cc2)n1. The van der Waals surface area contributed by atoms with Crippen LogP contribution < -0.4 is 14.5 Å². The maximum Gasteiger partial charge on any atom is 0.260 e. The zero-order valence-electron chi connectivity index (χ0n) is 16.0. The van der Waals surface area contributed by atoms with Gasteiger partial charge in [-0.25, -0.2) is 0 Å². The van der Waals surface area contributed by atoms with Gasteiger partial charge in [0.2, 0.25) is 11.9 Å². The molecule has 0 aliphatic carbocycles. The van der Waals surface area contributed by atoms with Crippen molar-refractivity contribution >= 4 is 17.8 Å². The molecular weight excluding hydrogens is 346 g/mol. The van der Waals surface area contributed by atoms with Crippen LogP contribution in [0.3, 0.4) is 0 Å². The number of morpholine rings is 1. The molecule has 0 bridgehead atoms. The molecular formula is C19H25N5O3. The van der Waals surface area contributed by atoms with Gasteiger partial charge in [-0.3, -0.25) is 9.69 Å². The summed E-state index contributed by atoms with van der Waals surface area (Å²) < 4.78 is 10.5. The Morgan fingerprint density at radius 1 is 1.19 bits per heavy atom. The Morgan fingerprint density at radius 3 is 2.52 bits per heavy atom. The topological polar surface area (TPSA) is 80.7 Å². The van der Waals surface area contributed by atoms with E-state index < -0.39 is 0 Å². The van der Waals surface area contributed by atoms with Gasteiger partial charge in [-0.15, -0.1) is 0 Å². The Morgan fingerprint density at radius 2 is 1.89 bits per heavy atom. The molecule has 2 heterocycles. The average molecular weight is 371 g/mol. The summed E-state index contributed by atoms with van der Waals surface area (Å²) in [5.41, 5.74) is 0.545. The van der Waals surface area contributed by atoms with Crippen LogP contribution in [0.2, 0.25) is 0 Å². The van der Waals surface area contributed by atoms with E-state index in [4.69, 9.17) is 9.47 Å². The number of hydrogen-bond donors (Lipinski definition) is 0. The summed E-state index contributed by atoms with van der Waals surface area (Å²) in [5.74, 6) is 2.17. The Labute approximate surface area is 159 Å². The molecule has 144 valence electrons. The number of rotatable bonds is 6. The number of amides is 1. The van der Waals surface area contributed by atoms with Crippen molar-refractivity contribution in [3.8, 4) is 5.75 Å². The number of ether oxygens (including phenoxy) is 2. The summed E-state index contributed by atoms with van der Waals surface area (Å²) in [5, 5.41) is 0. The van der Waals surface area contributed by atoms with E-state index in [9.17, 15) is 4.79 Å². The lowest BCUT2D eigenvalue weighted by Crippen LogP contribution is -2.38. The minimum Gasteiger partial charge on any atom is -0.497 e. The maximum absolute atomic E-state index is 12.9. The first-order valence-electron chi connectivity index (χ1n) is 9.12. The number of hydrogen-bond acceptors (Lipinski definition) is 7. The van der Waals surface area contributed by atoms with E-state index in [2.05, 4.69) is 26.8 Å². The second-order valence-electron chi connectivity index (χ2n) is 6.29.